The largest absolute Gasteiger partial charge is 0.385 e. The van der Waals surface area contributed by atoms with Gasteiger partial charge in [0.2, 0.25) is 0 Å². The zero-order chi connectivity index (χ0) is 44.5. The quantitative estimate of drug-likeness (QED) is 0.0691. The van der Waals surface area contributed by atoms with Gasteiger partial charge in [-0.3, -0.25) is 0 Å². The van der Waals surface area contributed by atoms with E-state index in [1.54, 1.807) is 0 Å². The van der Waals surface area contributed by atoms with E-state index in [0.717, 1.165) is 33.4 Å². The van der Waals surface area contributed by atoms with Gasteiger partial charge in [-0.2, -0.15) is 0 Å². The minimum Gasteiger partial charge on any atom is -0.385 e. The molecular formula is C54H58O11. The van der Waals surface area contributed by atoms with E-state index in [9.17, 15) is 10.2 Å². The number of hydrogen-bond donors (Lipinski definition) is 2. The minimum absolute atomic E-state index is 0.114. The van der Waals surface area contributed by atoms with Crippen LogP contribution in [-0.4, -0.2) is 84.8 Å². The van der Waals surface area contributed by atoms with Crippen LogP contribution in [0.25, 0.3) is 0 Å². The Bertz CT molecular complexity index is 2210. The molecule has 2 fully saturated rings. The van der Waals surface area contributed by atoms with Gasteiger partial charge in [0.25, 0.3) is 0 Å². The van der Waals surface area contributed by atoms with Crippen molar-refractivity contribution in [1.29, 1.82) is 0 Å². The summed E-state index contributed by atoms with van der Waals surface area (Å²) in [7, 11) is 0. The van der Waals surface area contributed by atoms with Crippen LogP contribution in [0.5, 0.6) is 0 Å². The predicted octanol–water partition coefficient (Wildman–Crippen LogP) is 7.95. The first-order chi connectivity index (χ1) is 32.1. The van der Waals surface area contributed by atoms with E-state index in [0.29, 0.717) is 6.61 Å². The highest BCUT2D eigenvalue weighted by molar-refractivity contribution is 5.18. The molecule has 6 aromatic carbocycles. The fourth-order valence-corrected chi connectivity index (χ4v) is 8.05. The molecule has 340 valence electrons. The molecule has 0 amide bonds. The lowest BCUT2D eigenvalue weighted by Crippen LogP contribution is -2.63. The Morgan fingerprint density at radius 2 is 0.646 bits per heavy atom. The molecule has 0 aliphatic carbocycles. The summed E-state index contributed by atoms with van der Waals surface area (Å²) in [6.07, 6.45) is -9.77. The standard InChI is InChI=1S/C54H58O11/c55-47-50(60-34-42-25-13-4-14-26-42)48(58-32-40-21-9-2-10-22-40)45(37-57-31-39-19-7-1-8-20-39)65-54(47)63-38-46-49(59-33-41-23-11-3-12-24-41)51(61-35-43-27-15-5-16-28-43)52(53(56)64-46)62-36-44-29-17-6-18-30-44/h1-30,45-56H,31-38H2/t45-,46-,47+,48-,49-,50+,51+,52-,53+,54+/m1/s1. The molecule has 0 saturated carbocycles. The monoisotopic (exact) mass is 882 g/mol. The van der Waals surface area contributed by atoms with E-state index in [-0.39, 0.29) is 46.2 Å². The summed E-state index contributed by atoms with van der Waals surface area (Å²) >= 11 is 0. The lowest BCUT2D eigenvalue weighted by molar-refractivity contribution is -0.344. The first kappa shape index (κ1) is 46.4. The van der Waals surface area contributed by atoms with Crippen molar-refractivity contribution in [2.45, 2.75) is 101 Å². The number of aliphatic hydroxyl groups excluding tert-OH is 2. The maximum absolute atomic E-state index is 12.2. The van der Waals surface area contributed by atoms with Crippen molar-refractivity contribution in [2.75, 3.05) is 13.2 Å². The average Bonchev–Trinajstić information content (AvgIpc) is 3.36. The van der Waals surface area contributed by atoms with Gasteiger partial charge in [-0.05, 0) is 33.4 Å². The Hall–Kier alpha value is -5.12. The van der Waals surface area contributed by atoms with Gasteiger partial charge in [-0.25, -0.2) is 0 Å². The second-order valence-corrected chi connectivity index (χ2v) is 16.2. The van der Waals surface area contributed by atoms with Crippen LogP contribution in [0.3, 0.4) is 0 Å². The average molecular weight is 883 g/mol. The molecule has 65 heavy (non-hydrogen) atoms. The van der Waals surface area contributed by atoms with E-state index >= 15 is 0 Å². The van der Waals surface area contributed by atoms with Gasteiger partial charge >= 0.3 is 0 Å². The van der Waals surface area contributed by atoms with Gasteiger partial charge in [0, 0.05) is 0 Å². The molecule has 2 heterocycles. The Morgan fingerprint density at radius 1 is 0.323 bits per heavy atom. The van der Waals surface area contributed by atoms with Gasteiger partial charge in [-0.15, -0.1) is 0 Å². The SMILES string of the molecule is O[C@@H]1[C@@H](OC[C@H]2O[C@H](O)[C@H](OCc3ccccc3)[C@@H](OCc3ccccc3)[C@@H]2OCc2ccccc2)O[C@H](COCc2ccccc2)[C@@H](OCc2ccccc2)[C@H]1OCc1ccccc1. The lowest BCUT2D eigenvalue weighted by atomic mass is 9.97. The summed E-state index contributed by atoms with van der Waals surface area (Å²) in [5.74, 6) is 0. The predicted molar refractivity (Wildman–Crippen MR) is 243 cm³/mol. The number of aliphatic hydroxyl groups is 2. The normalized spacial score (nSPS) is 25.6. The summed E-state index contributed by atoms with van der Waals surface area (Å²) < 4.78 is 58.8. The topological polar surface area (TPSA) is 124 Å². The van der Waals surface area contributed by atoms with E-state index in [2.05, 4.69) is 0 Å². The molecule has 8 rings (SSSR count). The molecule has 2 aliphatic rings. The van der Waals surface area contributed by atoms with Crippen molar-refractivity contribution >= 4 is 0 Å². The summed E-state index contributed by atoms with van der Waals surface area (Å²) in [6.45, 7) is 1.39. The van der Waals surface area contributed by atoms with Crippen LogP contribution in [0, 0.1) is 0 Å². The minimum atomic E-state index is -1.42. The summed E-state index contributed by atoms with van der Waals surface area (Å²) in [6, 6.07) is 58.8. The second kappa shape index (κ2) is 24.4. The maximum atomic E-state index is 12.2. The molecule has 6 aromatic rings. The van der Waals surface area contributed by atoms with E-state index < -0.39 is 61.4 Å². The van der Waals surface area contributed by atoms with Crippen LogP contribution in [0.2, 0.25) is 0 Å². The van der Waals surface area contributed by atoms with Crippen molar-refractivity contribution in [3.05, 3.63) is 215 Å². The number of ether oxygens (including phenoxy) is 9. The fourth-order valence-electron chi connectivity index (χ4n) is 8.05. The van der Waals surface area contributed by atoms with Crippen molar-refractivity contribution in [1.82, 2.24) is 0 Å². The zero-order valence-corrected chi connectivity index (χ0v) is 36.3. The van der Waals surface area contributed by atoms with Crippen molar-refractivity contribution in [3.63, 3.8) is 0 Å². The van der Waals surface area contributed by atoms with Crippen LogP contribution in [0.15, 0.2) is 182 Å². The highest BCUT2D eigenvalue weighted by Gasteiger charge is 2.51. The molecule has 0 bridgehead atoms. The fraction of sp³-hybridized carbons (Fsp3) is 0.333. The third-order valence-corrected chi connectivity index (χ3v) is 11.5. The van der Waals surface area contributed by atoms with Gasteiger partial charge in [0.15, 0.2) is 12.6 Å². The van der Waals surface area contributed by atoms with Gasteiger partial charge in [0.1, 0.15) is 48.8 Å². The van der Waals surface area contributed by atoms with Crippen LogP contribution in [0.4, 0.5) is 0 Å². The zero-order valence-electron chi connectivity index (χ0n) is 36.3. The molecular weight excluding hydrogens is 825 g/mol. The summed E-state index contributed by atoms with van der Waals surface area (Å²) in [4.78, 5) is 0. The van der Waals surface area contributed by atoms with Crippen molar-refractivity contribution in [3.8, 4) is 0 Å². The Kier molecular flexibility index (Phi) is 17.4. The van der Waals surface area contributed by atoms with Crippen LogP contribution in [0.1, 0.15) is 33.4 Å². The molecule has 0 spiro atoms. The summed E-state index contributed by atoms with van der Waals surface area (Å²) in [5.41, 5.74) is 5.68. The molecule has 10 atom stereocenters. The van der Waals surface area contributed by atoms with Crippen LogP contribution >= 0.6 is 0 Å². The van der Waals surface area contributed by atoms with Crippen LogP contribution < -0.4 is 0 Å². The highest BCUT2D eigenvalue weighted by Crippen LogP contribution is 2.33. The molecule has 0 unspecified atom stereocenters. The number of rotatable bonds is 22. The Balaban J connectivity index is 1.05. The first-order valence-corrected chi connectivity index (χ1v) is 22.3. The molecule has 2 aliphatic heterocycles. The van der Waals surface area contributed by atoms with Crippen molar-refractivity contribution in [2.24, 2.45) is 0 Å². The lowest BCUT2D eigenvalue weighted by Gasteiger charge is -2.46. The third-order valence-electron chi connectivity index (χ3n) is 11.5. The molecule has 11 heteroatoms. The highest BCUT2D eigenvalue weighted by atomic mass is 16.7. The number of hydrogen-bond acceptors (Lipinski definition) is 11. The molecule has 11 nitrogen and oxygen atoms in total. The van der Waals surface area contributed by atoms with Gasteiger partial charge in [-0.1, -0.05) is 182 Å². The van der Waals surface area contributed by atoms with E-state index in [1.807, 2.05) is 182 Å². The van der Waals surface area contributed by atoms with E-state index in [4.69, 9.17) is 42.6 Å². The first-order valence-electron chi connectivity index (χ1n) is 22.3. The Morgan fingerprint density at radius 3 is 1.06 bits per heavy atom. The molecule has 2 N–H and O–H groups in total. The third kappa shape index (κ3) is 13.5. The maximum Gasteiger partial charge on any atom is 0.186 e. The second-order valence-electron chi connectivity index (χ2n) is 16.2. The smallest absolute Gasteiger partial charge is 0.186 e. The molecule has 2 saturated heterocycles. The van der Waals surface area contributed by atoms with E-state index in [1.165, 1.54) is 0 Å². The number of benzene rings is 6. The summed E-state index contributed by atoms with van der Waals surface area (Å²) in [5, 5.41) is 24.0. The van der Waals surface area contributed by atoms with Gasteiger partial charge in [0.05, 0.1) is 52.9 Å². The molecule has 0 radical (unpaired) electrons. The van der Waals surface area contributed by atoms with Crippen LogP contribution in [-0.2, 0) is 82.3 Å². The Labute approximate surface area is 381 Å². The van der Waals surface area contributed by atoms with Gasteiger partial charge < -0.3 is 52.8 Å². The van der Waals surface area contributed by atoms with Crippen molar-refractivity contribution < 1.29 is 52.8 Å². The molecule has 0 aromatic heterocycles.